The van der Waals surface area contributed by atoms with E-state index in [-0.39, 0.29) is 18.2 Å². The lowest BCUT2D eigenvalue weighted by molar-refractivity contribution is -0.226. The van der Waals surface area contributed by atoms with Crippen LogP contribution in [0.2, 0.25) is 0 Å². The standard InChI is InChI=1S/C31H30FNO6/c1-31(2,36)13-11-20-19-12-14-33-24(19)8-10-25(20)37-26-9-7-23(32)30-18(5-6-22(26)30)17-3-4-21-27(15-17)38-39-28(21)16-29(34)35/h3-4,7-10,12,14-15,18,28,33,36H,5-6,11,13,16H2,1-2H3,(H,34,35)/t18-,28+/m1/s1. The molecular weight excluding hydrogens is 501 g/mol. The molecule has 2 aliphatic rings. The average Bonchev–Trinajstić information content (AvgIpc) is 3.62. The van der Waals surface area contributed by atoms with Crippen LogP contribution in [0.4, 0.5) is 4.39 Å². The number of hydrogen-bond acceptors (Lipinski definition) is 5. The number of nitrogens with one attached hydrogen (secondary N) is 1. The van der Waals surface area contributed by atoms with Gasteiger partial charge in [-0.1, -0.05) is 12.1 Å². The maximum atomic E-state index is 15.3. The number of aliphatic hydroxyl groups is 1. The second-order valence-corrected chi connectivity index (χ2v) is 11.0. The number of H-pyrrole nitrogens is 1. The quantitative estimate of drug-likeness (QED) is 0.218. The molecule has 0 saturated heterocycles. The Labute approximate surface area is 225 Å². The van der Waals surface area contributed by atoms with Crippen molar-refractivity contribution >= 4 is 16.9 Å². The molecule has 7 nitrogen and oxygen atoms in total. The Hall–Kier alpha value is -3.88. The lowest BCUT2D eigenvalue weighted by Gasteiger charge is -2.20. The molecule has 39 heavy (non-hydrogen) atoms. The number of hydrogen-bond donors (Lipinski definition) is 3. The van der Waals surface area contributed by atoms with Gasteiger partial charge in [0.05, 0.1) is 12.0 Å². The third kappa shape index (κ3) is 4.86. The Morgan fingerprint density at radius 2 is 1.97 bits per heavy atom. The zero-order valence-corrected chi connectivity index (χ0v) is 21.8. The molecule has 3 N–H and O–H groups in total. The Morgan fingerprint density at radius 3 is 2.77 bits per heavy atom. The smallest absolute Gasteiger partial charge is 0.306 e. The molecule has 8 heteroatoms. The maximum absolute atomic E-state index is 15.3. The number of fused-ring (bicyclic) bond motifs is 3. The van der Waals surface area contributed by atoms with Gasteiger partial charge >= 0.3 is 5.97 Å². The summed E-state index contributed by atoms with van der Waals surface area (Å²) in [6.45, 7) is 3.58. The molecule has 0 saturated carbocycles. The third-order valence-corrected chi connectivity index (χ3v) is 7.70. The van der Waals surface area contributed by atoms with Crippen molar-refractivity contribution in [1.82, 2.24) is 4.98 Å². The Bertz CT molecular complexity index is 1570. The van der Waals surface area contributed by atoms with Crippen LogP contribution in [0.5, 0.6) is 17.2 Å². The topological polar surface area (TPSA) is 101 Å². The van der Waals surface area contributed by atoms with Gasteiger partial charge in [0.25, 0.3) is 0 Å². The summed E-state index contributed by atoms with van der Waals surface area (Å²) in [6.07, 6.45) is 3.57. The van der Waals surface area contributed by atoms with E-state index in [1.54, 1.807) is 19.9 Å². The van der Waals surface area contributed by atoms with Crippen LogP contribution in [0, 0.1) is 5.82 Å². The van der Waals surface area contributed by atoms with Crippen molar-refractivity contribution in [1.29, 1.82) is 0 Å². The number of aromatic amines is 1. The number of benzene rings is 3. The summed E-state index contributed by atoms with van der Waals surface area (Å²) in [5.74, 6) is 0.323. The molecule has 1 aliphatic heterocycles. The molecule has 2 atom stereocenters. The van der Waals surface area contributed by atoms with Gasteiger partial charge in [-0.25, -0.2) is 4.39 Å². The molecular formula is C31H30FNO6. The summed E-state index contributed by atoms with van der Waals surface area (Å²) >= 11 is 0. The lowest BCUT2D eigenvalue weighted by Crippen LogP contribution is -2.19. The van der Waals surface area contributed by atoms with Crippen molar-refractivity contribution in [3.63, 3.8) is 0 Å². The van der Waals surface area contributed by atoms with Gasteiger partial charge in [0.1, 0.15) is 23.4 Å². The minimum atomic E-state index is -0.973. The van der Waals surface area contributed by atoms with Crippen LogP contribution >= 0.6 is 0 Å². The van der Waals surface area contributed by atoms with Gasteiger partial charge in [0.15, 0.2) is 5.75 Å². The first-order valence-electron chi connectivity index (χ1n) is 13.2. The van der Waals surface area contributed by atoms with E-state index in [1.165, 1.54) is 6.07 Å². The number of rotatable bonds is 8. The number of carboxylic acid groups (broad SMARTS) is 1. The normalized spacial score (nSPS) is 18.2. The van der Waals surface area contributed by atoms with Crippen LogP contribution in [0.15, 0.2) is 54.7 Å². The number of ether oxygens (including phenoxy) is 1. The molecule has 0 bridgehead atoms. The minimum Gasteiger partial charge on any atom is -0.481 e. The second kappa shape index (κ2) is 9.70. The first-order valence-corrected chi connectivity index (χ1v) is 13.2. The van der Waals surface area contributed by atoms with Crippen LogP contribution in [0.1, 0.15) is 72.9 Å². The largest absolute Gasteiger partial charge is 0.481 e. The molecule has 202 valence electrons. The monoisotopic (exact) mass is 531 g/mol. The lowest BCUT2D eigenvalue weighted by atomic mass is 9.90. The minimum absolute atomic E-state index is 0.194. The Kier molecular flexibility index (Phi) is 6.32. The summed E-state index contributed by atoms with van der Waals surface area (Å²) in [7, 11) is 0. The van der Waals surface area contributed by atoms with Gasteiger partial charge in [0, 0.05) is 45.3 Å². The van der Waals surface area contributed by atoms with Crippen molar-refractivity contribution in [2.24, 2.45) is 0 Å². The van der Waals surface area contributed by atoms with Crippen molar-refractivity contribution in [3.8, 4) is 17.2 Å². The fourth-order valence-electron chi connectivity index (χ4n) is 5.76. The van der Waals surface area contributed by atoms with Crippen molar-refractivity contribution in [2.45, 2.75) is 63.6 Å². The second-order valence-electron chi connectivity index (χ2n) is 11.0. The summed E-state index contributed by atoms with van der Waals surface area (Å²) in [5, 5.41) is 20.5. The number of carbonyl (C=O) groups is 1. The molecule has 0 fully saturated rings. The predicted molar refractivity (Wildman–Crippen MR) is 143 cm³/mol. The molecule has 0 radical (unpaired) electrons. The van der Waals surface area contributed by atoms with E-state index >= 15 is 4.39 Å². The van der Waals surface area contributed by atoms with Crippen LogP contribution in [-0.4, -0.2) is 26.8 Å². The fourth-order valence-corrected chi connectivity index (χ4v) is 5.76. The molecule has 2 heterocycles. The number of aryl methyl sites for hydroxylation is 1. The number of aliphatic carboxylic acids is 1. The van der Waals surface area contributed by atoms with Crippen LogP contribution in [-0.2, 0) is 22.5 Å². The first-order chi connectivity index (χ1) is 18.7. The van der Waals surface area contributed by atoms with E-state index in [9.17, 15) is 9.90 Å². The third-order valence-electron chi connectivity index (χ3n) is 7.70. The van der Waals surface area contributed by atoms with Crippen molar-refractivity contribution in [3.05, 3.63) is 88.4 Å². The van der Waals surface area contributed by atoms with E-state index in [2.05, 4.69) is 4.98 Å². The number of aromatic nitrogens is 1. The van der Waals surface area contributed by atoms with E-state index < -0.39 is 17.7 Å². The van der Waals surface area contributed by atoms with E-state index in [1.807, 2.05) is 42.6 Å². The predicted octanol–water partition coefficient (Wildman–Crippen LogP) is 6.72. The van der Waals surface area contributed by atoms with Crippen LogP contribution < -0.4 is 9.62 Å². The van der Waals surface area contributed by atoms with E-state index in [0.717, 1.165) is 27.6 Å². The molecule has 0 spiro atoms. The zero-order valence-electron chi connectivity index (χ0n) is 21.8. The van der Waals surface area contributed by atoms with Gasteiger partial charge in [-0.05, 0) is 81.5 Å². The summed E-state index contributed by atoms with van der Waals surface area (Å²) < 4.78 is 21.8. The first kappa shape index (κ1) is 25.4. The molecule has 0 amide bonds. The van der Waals surface area contributed by atoms with Gasteiger partial charge in [-0.15, -0.1) is 0 Å². The zero-order chi connectivity index (χ0) is 27.3. The number of carboxylic acids is 1. The summed E-state index contributed by atoms with van der Waals surface area (Å²) in [4.78, 5) is 24.9. The van der Waals surface area contributed by atoms with Crippen molar-refractivity contribution < 1.29 is 33.9 Å². The Balaban J connectivity index is 1.33. The van der Waals surface area contributed by atoms with Gasteiger partial charge in [-0.3, -0.25) is 4.79 Å². The molecule has 6 rings (SSSR count). The van der Waals surface area contributed by atoms with Crippen LogP contribution in [0.25, 0.3) is 10.9 Å². The van der Waals surface area contributed by atoms with E-state index in [0.29, 0.717) is 54.1 Å². The summed E-state index contributed by atoms with van der Waals surface area (Å²) in [5.41, 5.74) is 4.16. The SMILES string of the molecule is CC(C)(O)CCc1c(Oc2ccc(F)c3c2CC[C@@H]3c2ccc3c(c2)OO[C@H]3CC(=O)O)ccc2[nH]ccc12. The van der Waals surface area contributed by atoms with Crippen molar-refractivity contribution in [2.75, 3.05) is 0 Å². The number of halogens is 1. The molecule has 1 aromatic heterocycles. The highest BCUT2D eigenvalue weighted by atomic mass is 19.1. The fraction of sp³-hybridized carbons (Fsp3) is 0.323. The highest BCUT2D eigenvalue weighted by molar-refractivity contribution is 5.85. The van der Waals surface area contributed by atoms with Gasteiger partial charge in [0.2, 0.25) is 0 Å². The highest BCUT2D eigenvalue weighted by Crippen LogP contribution is 2.47. The summed E-state index contributed by atoms with van der Waals surface area (Å²) in [6, 6.07) is 14.6. The maximum Gasteiger partial charge on any atom is 0.306 e. The molecule has 4 aromatic rings. The molecule has 3 aromatic carbocycles. The van der Waals surface area contributed by atoms with E-state index in [4.69, 9.17) is 19.6 Å². The Morgan fingerprint density at radius 1 is 1.15 bits per heavy atom. The highest BCUT2D eigenvalue weighted by Gasteiger charge is 2.34. The van der Waals surface area contributed by atoms with Gasteiger partial charge < -0.3 is 24.8 Å². The van der Waals surface area contributed by atoms with Crippen LogP contribution in [0.3, 0.4) is 0 Å². The molecule has 1 aliphatic carbocycles. The van der Waals surface area contributed by atoms with Gasteiger partial charge in [-0.2, -0.15) is 4.89 Å². The average molecular weight is 532 g/mol. The molecule has 0 unspecified atom stereocenters.